The van der Waals surface area contributed by atoms with Crippen LogP contribution in [0.1, 0.15) is 37.2 Å². The second-order valence-electron chi connectivity index (χ2n) is 8.20. The molecule has 0 unspecified atom stereocenters. The molecule has 6 nitrogen and oxygen atoms in total. The number of hydrogen-bond donors (Lipinski definition) is 2. The molecule has 5 rings (SSSR count). The molecule has 0 radical (unpaired) electrons. The molecule has 1 aliphatic carbocycles. The quantitative estimate of drug-likeness (QED) is 0.749. The molecule has 0 atom stereocenters. The minimum absolute atomic E-state index is 0.637. The number of hydrogen-bond acceptors (Lipinski definition) is 4. The normalized spacial score (nSPS) is 25.2. The van der Waals surface area contributed by atoms with Gasteiger partial charge in [0.1, 0.15) is 5.65 Å². The Morgan fingerprint density at radius 3 is 2.56 bits per heavy atom. The van der Waals surface area contributed by atoms with Crippen molar-refractivity contribution in [2.45, 2.75) is 37.6 Å². The Morgan fingerprint density at radius 2 is 1.81 bits per heavy atom. The van der Waals surface area contributed by atoms with E-state index in [1.165, 1.54) is 68.4 Å². The van der Waals surface area contributed by atoms with E-state index in [-0.39, 0.29) is 0 Å². The van der Waals surface area contributed by atoms with Crippen LogP contribution in [-0.2, 0) is 0 Å². The molecular formula is C21H28N6. The van der Waals surface area contributed by atoms with Crippen molar-refractivity contribution < 1.29 is 0 Å². The molecule has 1 saturated heterocycles. The predicted molar refractivity (Wildman–Crippen MR) is 108 cm³/mol. The fourth-order valence-electron chi connectivity index (χ4n) is 4.84. The van der Waals surface area contributed by atoms with Gasteiger partial charge in [-0.25, -0.2) is 4.98 Å². The molecule has 0 bridgehead atoms. The lowest BCUT2D eigenvalue weighted by atomic mass is 9.81. The van der Waals surface area contributed by atoms with E-state index in [4.69, 9.17) is 4.98 Å². The molecule has 3 aromatic rings. The highest BCUT2D eigenvalue weighted by Crippen LogP contribution is 2.37. The molecule has 0 spiro atoms. The van der Waals surface area contributed by atoms with Crippen molar-refractivity contribution in [3.63, 3.8) is 0 Å². The second-order valence-corrected chi connectivity index (χ2v) is 8.20. The highest BCUT2D eigenvalue weighted by molar-refractivity contribution is 5.93. The molecule has 27 heavy (non-hydrogen) atoms. The van der Waals surface area contributed by atoms with Crippen LogP contribution in [0.25, 0.3) is 22.2 Å². The van der Waals surface area contributed by atoms with E-state index in [1.54, 1.807) is 0 Å². The maximum atomic E-state index is 4.70. The van der Waals surface area contributed by atoms with E-state index in [1.807, 2.05) is 18.6 Å². The summed E-state index contributed by atoms with van der Waals surface area (Å²) in [6.45, 7) is 4.89. The summed E-state index contributed by atoms with van der Waals surface area (Å²) in [5.74, 6) is 0.637. The summed E-state index contributed by atoms with van der Waals surface area (Å²) in [6.07, 6.45) is 13.1. The molecule has 2 N–H and O–H groups in total. The van der Waals surface area contributed by atoms with Gasteiger partial charge in [0.15, 0.2) is 0 Å². The fraction of sp³-hybridized carbons (Fsp3) is 0.524. The summed E-state index contributed by atoms with van der Waals surface area (Å²) in [5, 5.41) is 8.20. The zero-order valence-electron chi connectivity index (χ0n) is 16.0. The highest BCUT2D eigenvalue weighted by Gasteiger charge is 2.28. The number of nitrogens with zero attached hydrogens (tertiary/aromatic N) is 4. The number of pyridine rings is 1. The van der Waals surface area contributed by atoms with Crippen molar-refractivity contribution in [3.8, 4) is 11.1 Å². The Labute approximate surface area is 160 Å². The Kier molecular flexibility index (Phi) is 4.45. The summed E-state index contributed by atoms with van der Waals surface area (Å²) < 4.78 is 0. The van der Waals surface area contributed by atoms with Crippen LogP contribution in [0.4, 0.5) is 0 Å². The third kappa shape index (κ3) is 3.28. The van der Waals surface area contributed by atoms with Gasteiger partial charge in [0.25, 0.3) is 0 Å². The lowest BCUT2D eigenvalue weighted by molar-refractivity contribution is 0.0878. The highest BCUT2D eigenvalue weighted by atomic mass is 15.3. The van der Waals surface area contributed by atoms with Crippen LogP contribution < -0.4 is 0 Å². The molecular weight excluding hydrogens is 336 g/mol. The maximum absolute atomic E-state index is 4.70. The van der Waals surface area contributed by atoms with Crippen LogP contribution in [0, 0.1) is 0 Å². The number of fused-ring (bicyclic) bond motifs is 1. The first-order chi connectivity index (χ1) is 13.3. The second kappa shape index (κ2) is 7.09. The monoisotopic (exact) mass is 364 g/mol. The summed E-state index contributed by atoms with van der Waals surface area (Å²) in [4.78, 5) is 13.2. The van der Waals surface area contributed by atoms with Gasteiger partial charge in [-0.05, 0) is 50.3 Å². The van der Waals surface area contributed by atoms with E-state index in [0.29, 0.717) is 5.92 Å². The van der Waals surface area contributed by atoms with Crippen LogP contribution in [0.5, 0.6) is 0 Å². The van der Waals surface area contributed by atoms with Gasteiger partial charge in [-0.15, -0.1) is 0 Å². The van der Waals surface area contributed by atoms with Gasteiger partial charge in [0.05, 0.1) is 6.20 Å². The van der Waals surface area contributed by atoms with E-state index in [0.717, 1.165) is 17.3 Å². The first kappa shape index (κ1) is 17.0. The average Bonchev–Trinajstić information content (AvgIpc) is 3.38. The van der Waals surface area contributed by atoms with E-state index >= 15 is 0 Å². The zero-order valence-corrected chi connectivity index (χ0v) is 16.0. The standard InChI is InChI=1S/C21H28N6/c1-26-6-8-27(9-7-26)18-4-2-15(3-5-18)16-10-19-20(17-12-24-25-13-17)14-23-21(19)22-11-16/h10-15,18H,2-9H2,1H3,(H,22,23)(H,24,25). The lowest BCUT2D eigenvalue weighted by Gasteiger charge is -2.41. The van der Waals surface area contributed by atoms with Crippen LogP contribution in [0.3, 0.4) is 0 Å². The largest absolute Gasteiger partial charge is 0.346 e. The molecule has 2 fully saturated rings. The van der Waals surface area contributed by atoms with E-state index in [9.17, 15) is 0 Å². The topological polar surface area (TPSA) is 63.8 Å². The van der Waals surface area contributed by atoms with Gasteiger partial charge in [0, 0.05) is 67.3 Å². The van der Waals surface area contributed by atoms with Crippen LogP contribution in [-0.4, -0.2) is 69.2 Å². The number of nitrogens with one attached hydrogen (secondary N) is 2. The third-order valence-electron chi connectivity index (χ3n) is 6.58. The molecule has 0 amide bonds. The van der Waals surface area contributed by atoms with Gasteiger partial charge in [0.2, 0.25) is 0 Å². The van der Waals surface area contributed by atoms with Crippen LogP contribution in [0.15, 0.2) is 30.9 Å². The maximum Gasteiger partial charge on any atom is 0.137 e. The van der Waals surface area contributed by atoms with Gasteiger partial charge >= 0.3 is 0 Å². The molecule has 3 aromatic heterocycles. The Morgan fingerprint density at radius 1 is 1.00 bits per heavy atom. The average molecular weight is 364 g/mol. The SMILES string of the molecule is CN1CCN(C2CCC(c3cnc4[nH]cc(-c5cn[nH]c5)c4c3)CC2)CC1. The molecule has 1 saturated carbocycles. The van der Waals surface area contributed by atoms with Crippen LogP contribution in [0.2, 0.25) is 0 Å². The minimum atomic E-state index is 0.637. The number of likely N-dealkylation sites (N-methyl/N-ethyl adjacent to an activating group) is 1. The molecule has 0 aromatic carbocycles. The summed E-state index contributed by atoms with van der Waals surface area (Å²) in [7, 11) is 2.23. The molecule has 6 heteroatoms. The third-order valence-corrected chi connectivity index (χ3v) is 6.58. The first-order valence-corrected chi connectivity index (χ1v) is 10.2. The van der Waals surface area contributed by atoms with Crippen molar-refractivity contribution in [1.29, 1.82) is 0 Å². The number of aromatic nitrogens is 4. The Bertz CT molecular complexity index is 883. The van der Waals surface area contributed by atoms with Crippen molar-refractivity contribution in [2.75, 3.05) is 33.2 Å². The van der Waals surface area contributed by atoms with Gasteiger partial charge in [-0.2, -0.15) is 5.10 Å². The smallest absolute Gasteiger partial charge is 0.137 e. The van der Waals surface area contributed by atoms with E-state index < -0.39 is 0 Å². The van der Waals surface area contributed by atoms with Crippen LogP contribution >= 0.6 is 0 Å². The minimum Gasteiger partial charge on any atom is -0.346 e. The zero-order chi connectivity index (χ0) is 18.2. The summed E-state index contributed by atoms with van der Waals surface area (Å²) >= 11 is 0. The van der Waals surface area contributed by atoms with Crippen molar-refractivity contribution in [1.82, 2.24) is 30.0 Å². The predicted octanol–water partition coefficient (Wildman–Crippen LogP) is 3.23. The van der Waals surface area contributed by atoms with Crippen molar-refractivity contribution in [2.24, 2.45) is 0 Å². The molecule has 142 valence electrons. The number of piperazine rings is 1. The lowest BCUT2D eigenvalue weighted by Crippen LogP contribution is -2.49. The summed E-state index contributed by atoms with van der Waals surface area (Å²) in [5.41, 5.74) is 4.64. The fourth-order valence-corrected chi connectivity index (χ4v) is 4.84. The van der Waals surface area contributed by atoms with Gasteiger partial charge in [-0.1, -0.05) is 0 Å². The molecule has 1 aliphatic heterocycles. The number of H-pyrrole nitrogens is 2. The van der Waals surface area contributed by atoms with E-state index in [2.05, 4.69) is 44.3 Å². The Balaban J connectivity index is 1.31. The van der Waals surface area contributed by atoms with Gasteiger partial charge in [-0.3, -0.25) is 10.00 Å². The molecule has 2 aliphatic rings. The number of aromatic amines is 2. The molecule has 4 heterocycles. The van der Waals surface area contributed by atoms with Crippen molar-refractivity contribution in [3.05, 3.63) is 36.4 Å². The van der Waals surface area contributed by atoms with Gasteiger partial charge < -0.3 is 9.88 Å². The first-order valence-electron chi connectivity index (χ1n) is 10.2. The summed E-state index contributed by atoms with van der Waals surface area (Å²) in [6, 6.07) is 3.13. The number of rotatable bonds is 3. The van der Waals surface area contributed by atoms with Crippen molar-refractivity contribution >= 4 is 11.0 Å². The Hall–Kier alpha value is -2.18.